The van der Waals surface area contributed by atoms with Gasteiger partial charge in [0.05, 0.1) is 0 Å². The van der Waals surface area contributed by atoms with Crippen molar-refractivity contribution in [1.29, 1.82) is 0 Å². The number of rotatable bonds is 5. The quantitative estimate of drug-likeness (QED) is 0.471. The summed E-state index contributed by atoms with van der Waals surface area (Å²) in [5.74, 6) is -0.524. The summed E-state index contributed by atoms with van der Waals surface area (Å²) < 4.78 is 1.42. The van der Waals surface area contributed by atoms with E-state index >= 15 is 0 Å². The van der Waals surface area contributed by atoms with E-state index in [1.807, 2.05) is 36.5 Å². The van der Waals surface area contributed by atoms with Gasteiger partial charge >= 0.3 is 0 Å². The van der Waals surface area contributed by atoms with Crippen LogP contribution in [0.1, 0.15) is 27.4 Å². The molecule has 5 nitrogen and oxygen atoms in total. The number of benzene rings is 2. The predicted octanol–water partition coefficient (Wildman–Crippen LogP) is 4.74. The third-order valence-electron chi connectivity index (χ3n) is 5.17. The van der Waals surface area contributed by atoms with Gasteiger partial charge in [-0.15, -0.1) is 0 Å². The first-order valence-electron chi connectivity index (χ1n) is 9.40. The number of aromatic amines is 1. The first kappa shape index (κ1) is 20.3. The second-order valence-corrected chi connectivity index (χ2v) is 7.93. The molecule has 2 aromatic carbocycles. The Balaban J connectivity index is 1.69. The van der Waals surface area contributed by atoms with Crippen LogP contribution in [0, 0.1) is 0 Å². The molecule has 1 atom stereocenters. The molecule has 0 aliphatic carbocycles. The lowest BCUT2D eigenvalue weighted by molar-refractivity contribution is 0.0952. The molecule has 0 fully saturated rings. The van der Waals surface area contributed by atoms with Gasteiger partial charge in [0, 0.05) is 64.5 Å². The van der Waals surface area contributed by atoms with Gasteiger partial charge in [0.15, 0.2) is 0 Å². The minimum atomic E-state index is -0.317. The van der Waals surface area contributed by atoms with Crippen molar-refractivity contribution in [2.75, 3.05) is 6.54 Å². The molecular formula is C23H19Cl2N3O2. The Morgan fingerprint density at radius 3 is 2.67 bits per heavy atom. The van der Waals surface area contributed by atoms with Crippen molar-refractivity contribution in [2.24, 2.45) is 7.05 Å². The van der Waals surface area contributed by atoms with Crippen LogP contribution in [0.5, 0.6) is 0 Å². The summed E-state index contributed by atoms with van der Waals surface area (Å²) in [5.41, 5.74) is 2.95. The molecule has 0 aliphatic rings. The number of hydrogen-bond donors (Lipinski definition) is 2. The van der Waals surface area contributed by atoms with Crippen LogP contribution in [0.2, 0.25) is 10.0 Å². The fourth-order valence-corrected chi connectivity index (χ4v) is 4.08. The highest BCUT2D eigenvalue weighted by Crippen LogP contribution is 2.35. The molecule has 0 aliphatic heterocycles. The van der Waals surface area contributed by atoms with Gasteiger partial charge in [0.2, 0.25) is 0 Å². The second-order valence-electron chi connectivity index (χ2n) is 7.08. The van der Waals surface area contributed by atoms with Crippen LogP contribution < -0.4 is 10.9 Å². The third-order valence-corrected chi connectivity index (χ3v) is 5.73. The molecule has 7 heteroatoms. The van der Waals surface area contributed by atoms with Crippen LogP contribution in [-0.4, -0.2) is 22.0 Å². The minimum Gasteiger partial charge on any atom is -0.361 e. The van der Waals surface area contributed by atoms with Crippen LogP contribution in [0.3, 0.4) is 0 Å². The Labute approximate surface area is 183 Å². The number of pyridine rings is 1. The molecule has 4 aromatic rings. The predicted molar refractivity (Wildman–Crippen MR) is 121 cm³/mol. The summed E-state index contributed by atoms with van der Waals surface area (Å²) in [4.78, 5) is 27.8. The number of carbonyl (C=O) groups excluding carboxylic acids is 1. The van der Waals surface area contributed by atoms with Crippen LogP contribution in [-0.2, 0) is 7.05 Å². The monoisotopic (exact) mass is 439 g/mol. The van der Waals surface area contributed by atoms with E-state index in [-0.39, 0.29) is 17.4 Å². The number of hydrogen-bond acceptors (Lipinski definition) is 2. The van der Waals surface area contributed by atoms with E-state index in [4.69, 9.17) is 23.2 Å². The van der Waals surface area contributed by atoms with Crippen molar-refractivity contribution in [3.8, 4) is 0 Å². The standard InChI is InChI=1S/C23H19Cl2N3O2/c1-28-9-8-14(10-22(28)29)23(30)27-13-18(16-7-6-15(24)11-20(16)25)19-12-26-21-5-3-2-4-17(19)21/h2-12,18,26H,13H2,1H3,(H,27,30). The first-order valence-corrected chi connectivity index (χ1v) is 10.2. The van der Waals surface area contributed by atoms with Gasteiger partial charge in [0.25, 0.3) is 11.5 Å². The molecule has 0 bridgehead atoms. The number of fused-ring (bicyclic) bond motifs is 1. The van der Waals surface area contributed by atoms with Crippen LogP contribution in [0.4, 0.5) is 0 Å². The molecule has 0 saturated carbocycles. The molecule has 0 spiro atoms. The zero-order valence-corrected chi connectivity index (χ0v) is 17.7. The van der Waals surface area contributed by atoms with Gasteiger partial charge in [-0.25, -0.2) is 0 Å². The molecule has 30 heavy (non-hydrogen) atoms. The highest BCUT2D eigenvalue weighted by atomic mass is 35.5. The average Bonchev–Trinajstić information content (AvgIpc) is 3.15. The molecule has 0 saturated heterocycles. The van der Waals surface area contributed by atoms with E-state index in [9.17, 15) is 9.59 Å². The van der Waals surface area contributed by atoms with E-state index < -0.39 is 0 Å². The average molecular weight is 440 g/mol. The Morgan fingerprint density at radius 1 is 1.10 bits per heavy atom. The van der Waals surface area contributed by atoms with Crippen LogP contribution >= 0.6 is 23.2 Å². The molecular weight excluding hydrogens is 421 g/mol. The topological polar surface area (TPSA) is 66.9 Å². The van der Waals surface area contributed by atoms with Crippen molar-refractivity contribution < 1.29 is 4.79 Å². The van der Waals surface area contributed by atoms with Gasteiger partial charge in [-0.05, 0) is 35.4 Å². The van der Waals surface area contributed by atoms with Gasteiger partial charge < -0.3 is 14.9 Å². The van der Waals surface area contributed by atoms with Crippen molar-refractivity contribution in [1.82, 2.24) is 14.9 Å². The maximum atomic E-state index is 12.7. The smallest absolute Gasteiger partial charge is 0.251 e. The zero-order chi connectivity index (χ0) is 21.3. The SMILES string of the molecule is Cn1ccc(C(=O)NCC(c2ccc(Cl)cc2Cl)c2c[nH]c3ccccc23)cc1=O. The molecule has 0 radical (unpaired) electrons. The van der Waals surface area contributed by atoms with E-state index in [2.05, 4.69) is 10.3 Å². The van der Waals surface area contributed by atoms with Gasteiger partial charge in [0.1, 0.15) is 0 Å². The van der Waals surface area contributed by atoms with E-state index in [1.165, 1.54) is 10.6 Å². The molecule has 2 N–H and O–H groups in total. The highest BCUT2D eigenvalue weighted by molar-refractivity contribution is 6.35. The third kappa shape index (κ3) is 3.99. The van der Waals surface area contributed by atoms with Gasteiger partial charge in [-0.1, -0.05) is 47.5 Å². The number of amides is 1. The summed E-state index contributed by atoms with van der Waals surface area (Å²) in [5, 5.41) is 5.07. The van der Waals surface area contributed by atoms with E-state index in [1.54, 1.807) is 31.4 Å². The largest absolute Gasteiger partial charge is 0.361 e. The van der Waals surface area contributed by atoms with Crippen molar-refractivity contribution in [3.63, 3.8) is 0 Å². The van der Waals surface area contributed by atoms with E-state index in [0.717, 1.165) is 22.0 Å². The van der Waals surface area contributed by atoms with Crippen molar-refractivity contribution in [3.05, 3.63) is 104 Å². The molecule has 4 rings (SSSR count). The lowest BCUT2D eigenvalue weighted by Gasteiger charge is -2.20. The Morgan fingerprint density at radius 2 is 1.90 bits per heavy atom. The lowest BCUT2D eigenvalue weighted by Crippen LogP contribution is -2.30. The molecule has 1 unspecified atom stereocenters. The van der Waals surface area contributed by atoms with Crippen molar-refractivity contribution >= 4 is 40.0 Å². The Bertz CT molecular complexity index is 1290. The summed E-state index contributed by atoms with van der Waals surface area (Å²) in [6.07, 6.45) is 3.51. The number of H-pyrrole nitrogens is 1. The number of nitrogens with one attached hydrogen (secondary N) is 2. The first-order chi connectivity index (χ1) is 14.4. The van der Waals surface area contributed by atoms with Crippen molar-refractivity contribution in [2.45, 2.75) is 5.92 Å². The minimum absolute atomic E-state index is 0.207. The maximum Gasteiger partial charge on any atom is 0.251 e. The van der Waals surface area contributed by atoms with E-state index in [0.29, 0.717) is 22.2 Å². The number of halogens is 2. The van der Waals surface area contributed by atoms with Crippen LogP contribution in [0.25, 0.3) is 10.9 Å². The Kier molecular flexibility index (Phi) is 5.66. The highest BCUT2D eigenvalue weighted by Gasteiger charge is 2.22. The summed E-state index contributed by atoms with van der Waals surface area (Å²) >= 11 is 12.6. The number of para-hydroxylation sites is 1. The number of aryl methyl sites for hydroxylation is 1. The normalized spacial score (nSPS) is 12.1. The lowest BCUT2D eigenvalue weighted by atomic mass is 9.90. The summed E-state index contributed by atoms with van der Waals surface area (Å²) in [6.45, 7) is 0.303. The molecule has 2 heterocycles. The maximum absolute atomic E-state index is 12.7. The molecule has 2 aromatic heterocycles. The zero-order valence-electron chi connectivity index (χ0n) is 16.2. The fraction of sp³-hybridized carbons (Fsp3) is 0.130. The van der Waals surface area contributed by atoms with Crippen LogP contribution in [0.15, 0.2) is 71.8 Å². The van der Waals surface area contributed by atoms with Gasteiger partial charge in [-0.2, -0.15) is 0 Å². The second kappa shape index (κ2) is 8.38. The molecule has 1 amide bonds. The Hall–Kier alpha value is -3.02. The van der Waals surface area contributed by atoms with Gasteiger partial charge in [-0.3, -0.25) is 9.59 Å². The summed E-state index contributed by atoms with van der Waals surface area (Å²) in [7, 11) is 1.64. The number of nitrogens with zero attached hydrogens (tertiary/aromatic N) is 1. The number of aromatic nitrogens is 2. The number of carbonyl (C=O) groups is 1. The fourth-order valence-electron chi connectivity index (χ4n) is 3.54. The molecule has 152 valence electrons. The summed E-state index contributed by atoms with van der Waals surface area (Å²) in [6, 6.07) is 16.3.